The fourth-order valence-electron chi connectivity index (χ4n) is 0.917. The van der Waals surface area contributed by atoms with E-state index < -0.39 is 5.91 Å². The molecule has 0 aliphatic heterocycles. The largest absolute Gasteiger partial charge is 0.484 e. The van der Waals surface area contributed by atoms with Gasteiger partial charge in [0.25, 0.3) is 5.91 Å². The summed E-state index contributed by atoms with van der Waals surface area (Å²) >= 11 is 3.26. The van der Waals surface area contributed by atoms with Crippen molar-refractivity contribution in [3.63, 3.8) is 0 Å². The van der Waals surface area contributed by atoms with Gasteiger partial charge in [0.15, 0.2) is 6.61 Å². The number of nitrogens with two attached hydrogens (primary N) is 1. The van der Waals surface area contributed by atoms with E-state index in [9.17, 15) is 4.79 Å². The van der Waals surface area contributed by atoms with Crippen LogP contribution in [0.25, 0.3) is 0 Å². The average Bonchev–Trinajstić information content (AvgIpc) is 2.16. The monoisotopic (exact) mass is 259 g/mol. The van der Waals surface area contributed by atoms with Crippen LogP contribution in [0.1, 0.15) is 5.56 Å². The molecule has 14 heavy (non-hydrogen) atoms. The Kier molecular flexibility index (Phi) is 3.91. The summed E-state index contributed by atoms with van der Waals surface area (Å²) < 4.78 is 5.86. The second-order valence-corrected chi connectivity index (χ2v) is 3.52. The molecule has 1 aromatic rings. The summed E-state index contributed by atoms with van der Waals surface area (Å²) in [5.41, 5.74) is 5.62. The quantitative estimate of drug-likeness (QED) is 0.841. The van der Waals surface area contributed by atoms with E-state index in [1.807, 2.05) is 0 Å². The van der Waals surface area contributed by atoms with Crippen molar-refractivity contribution >= 4 is 21.8 Å². The minimum atomic E-state index is -0.529. The number of primary amides is 1. The maximum Gasteiger partial charge on any atom is 0.255 e. The van der Waals surface area contributed by atoms with Gasteiger partial charge in [-0.05, 0) is 23.8 Å². The third-order valence-electron chi connectivity index (χ3n) is 1.57. The molecule has 0 bridgehead atoms. The number of carbonyl (C=O) groups excluding carboxylic acids is 1. The van der Waals surface area contributed by atoms with Gasteiger partial charge in [-0.2, -0.15) is 0 Å². The van der Waals surface area contributed by atoms with Crippen molar-refractivity contribution < 1.29 is 14.6 Å². The van der Waals surface area contributed by atoms with Crippen LogP contribution in [0.15, 0.2) is 22.7 Å². The van der Waals surface area contributed by atoms with E-state index >= 15 is 0 Å². The topological polar surface area (TPSA) is 72.6 Å². The van der Waals surface area contributed by atoms with Crippen molar-refractivity contribution in [3.8, 4) is 5.75 Å². The molecule has 0 aliphatic carbocycles. The first-order valence-corrected chi connectivity index (χ1v) is 4.73. The van der Waals surface area contributed by atoms with Crippen molar-refractivity contribution in [1.29, 1.82) is 0 Å². The number of rotatable bonds is 4. The Bertz CT molecular complexity index is 341. The number of benzene rings is 1. The lowest BCUT2D eigenvalue weighted by Gasteiger charge is -2.06. The van der Waals surface area contributed by atoms with E-state index in [1.165, 1.54) is 0 Å². The number of hydrogen-bond donors (Lipinski definition) is 2. The van der Waals surface area contributed by atoms with E-state index in [0.29, 0.717) is 11.3 Å². The molecule has 1 aromatic carbocycles. The highest BCUT2D eigenvalue weighted by molar-refractivity contribution is 9.10. The van der Waals surface area contributed by atoms with Gasteiger partial charge in [-0.3, -0.25) is 4.79 Å². The Hall–Kier alpha value is -1.07. The van der Waals surface area contributed by atoms with Crippen molar-refractivity contribution in [2.45, 2.75) is 6.61 Å². The second-order valence-electron chi connectivity index (χ2n) is 2.67. The number of aliphatic hydroxyl groups excluding tert-OH is 1. The predicted molar refractivity (Wildman–Crippen MR) is 54.8 cm³/mol. The van der Waals surface area contributed by atoms with E-state index in [0.717, 1.165) is 4.47 Å². The number of aliphatic hydroxyl groups is 1. The van der Waals surface area contributed by atoms with Gasteiger partial charge in [-0.25, -0.2) is 0 Å². The van der Waals surface area contributed by atoms with Gasteiger partial charge >= 0.3 is 0 Å². The molecule has 0 aromatic heterocycles. The minimum Gasteiger partial charge on any atom is -0.484 e. The number of amides is 1. The first kappa shape index (κ1) is 11.0. The van der Waals surface area contributed by atoms with Crippen LogP contribution in [0.3, 0.4) is 0 Å². The minimum absolute atomic E-state index is 0.0889. The highest BCUT2D eigenvalue weighted by atomic mass is 79.9. The highest BCUT2D eigenvalue weighted by Gasteiger charge is 2.02. The van der Waals surface area contributed by atoms with E-state index in [-0.39, 0.29) is 13.2 Å². The molecule has 0 heterocycles. The molecule has 1 rings (SSSR count). The number of hydrogen-bond acceptors (Lipinski definition) is 3. The summed E-state index contributed by atoms with van der Waals surface area (Å²) in [6.45, 7) is -0.249. The van der Waals surface area contributed by atoms with Gasteiger partial charge in [-0.1, -0.05) is 15.9 Å². The zero-order valence-electron chi connectivity index (χ0n) is 7.37. The molecule has 3 N–H and O–H groups in total. The van der Waals surface area contributed by atoms with E-state index in [2.05, 4.69) is 15.9 Å². The Morgan fingerprint density at radius 1 is 1.57 bits per heavy atom. The van der Waals surface area contributed by atoms with E-state index in [4.69, 9.17) is 15.6 Å². The van der Waals surface area contributed by atoms with Crippen LogP contribution in [0.5, 0.6) is 5.75 Å². The number of halogens is 1. The van der Waals surface area contributed by atoms with Crippen molar-refractivity contribution in [3.05, 3.63) is 28.2 Å². The molecule has 0 spiro atoms. The zero-order chi connectivity index (χ0) is 10.6. The van der Waals surface area contributed by atoms with Crippen LogP contribution in [0.4, 0.5) is 0 Å². The summed E-state index contributed by atoms with van der Waals surface area (Å²) in [4.78, 5) is 10.4. The standard InChI is InChI=1S/C9H10BrNO3/c10-8-2-1-7(3-6(8)4-12)14-5-9(11)13/h1-3,12H,4-5H2,(H2,11,13). The third kappa shape index (κ3) is 3.01. The molecule has 0 saturated carbocycles. The molecular formula is C9H10BrNO3. The molecule has 0 radical (unpaired) electrons. The van der Waals surface area contributed by atoms with Crippen molar-refractivity contribution in [2.24, 2.45) is 5.73 Å². The molecule has 0 saturated heterocycles. The lowest BCUT2D eigenvalue weighted by Crippen LogP contribution is -2.20. The Morgan fingerprint density at radius 3 is 2.86 bits per heavy atom. The lowest BCUT2D eigenvalue weighted by molar-refractivity contribution is -0.119. The second kappa shape index (κ2) is 4.97. The molecule has 0 atom stereocenters. The fourth-order valence-corrected chi connectivity index (χ4v) is 1.29. The molecule has 0 fully saturated rings. The Morgan fingerprint density at radius 2 is 2.29 bits per heavy atom. The van der Waals surface area contributed by atoms with Crippen LogP contribution in [0.2, 0.25) is 0 Å². The number of carbonyl (C=O) groups is 1. The molecule has 1 amide bonds. The highest BCUT2D eigenvalue weighted by Crippen LogP contribution is 2.22. The first-order chi connectivity index (χ1) is 6.63. The van der Waals surface area contributed by atoms with Crippen molar-refractivity contribution in [1.82, 2.24) is 0 Å². The summed E-state index contributed by atoms with van der Waals surface area (Å²) in [5, 5.41) is 8.94. The molecule has 5 heteroatoms. The van der Waals surface area contributed by atoms with Gasteiger partial charge in [-0.15, -0.1) is 0 Å². The molecule has 0 unspecified atom stereocenters. The van der Waals surface area contributed by atoms with Gasteiger partial charge in [0.1, 0.15) is 5.75 Å². The van der Waals surface area contributed by atoms with Crippen LogP contribution in [-0.2, 0) is 11.4 Å². The van der Waals surface area contributed by atoms with Crippen LogP contribution in [0, 0.1) is 0 Å². The summed E-state index contributed by atoms with van der Waals surface area (Å²) in [7, 11) is 0. The summed E-state index contributed by atoms with van der Waals surface area (Å²) in [6.07, 6.45) is 0. The van der Waals surface area contributed by atoms with Gasteiger partial charge in [0, 0.05) is 4.47 Å². The van der Waals surface area contributed by atoms with Crippen molar-refractivity contribution in [2.75, 3.05) is 6.61 Å². The van der Waals surface area contributed by atoms with Gasteiger partial charge in [0.2, 0.25) is 0 Å². The van der Waals surface area contributed by atoms with E-state index in [1.54, 1.807) is 18.2 Å². The van der Waals surface area contributed by atoms with Gasteiger partial charge < -0.3 is 15.6 Å². The van der Waals surface area contributed by atoms with Crippen LogP contribution >= 0.6 is 15.9 Å². The molecule has 0 aliphatic rings. The fraction of sp³-hybridized carbons (Fsp3) is 0.222. The maximum absolute atomic E-state index is 10.4. The third-order valence-corrected chi connectivity index (χ3v) is 2.34. The van der Waals surface area contributed by atoms with Gasteiger partial charge in [0.05, 0.1) is 6.61 Å². The normalized spacial score (nSPS) is 9.86. The summed E-state index contributed by atoms with van der Waals surface area (Å²) in [5.74, 6) is -0.0190. The molecule has 4 nitrogen and oxygen atoms in total. The molecule has 76 valence electrons. The van der Waals surface area contributed by atoms with Crippen LogP contribution in [-0.4, -0.2) is 17.6 Å². The predicted octanol–water partition coefficient (Wildman–Crippen LogP) is 0.805. The number of ether oxygens (including phenoxy) is 1. The Labute approximate surface area is 89.8 Å². The summed E-state index contributed by atoms with van der Waals surface area (Å²) in [6, 6.07) is 5.07. The zero-order valence-corrected chi connectivity index (χ0v) is 8.95. The maximum atomic E-state index is 10.4. The van der Waals surface area contributed by atoms with Crippen LogP contribution < -0.4 is 10.5 Å². The smallest absolute Gasteiger partial charge is 0.255 e. The first-order valence-electron chi connectivity index (χ1n) is 3.94. The molecular weight excluding hydrogens is 250 g/mol. The lowest BCUT2D eigenvalue weighted by atomic mass is 10.2. The Balaban J connectivity index is 2.74. The SMILES string of the molecule is NC(=O)COc1ccc(Br)c(CO)c1. The average molecular weight is 260 g/mol.